The molecule has 4 nitrogen and oxygen atoms in total. The highest BCUT2D eigenvalue weighted by atomic mass is 35.5. The maximum atomic E-state index is 13.4. The third-order valence-corrected chi connectivity index (χ3v) is 5.88. The molecule has 0 radical (unpaired) electrons. The van der Waals surface area contributed by atoms with Gasteiger partial charge in [-0.05, 0) is 66.7 Å². The molecule has 29 heavy (non-hydrogen) atoms. The van der Waals surface area contributed by atoms with E-state index in [1.54, 1.807) is 53.2 Å². The molecule has 0 aliphatic rings. The molecule has 0 spiro atoms. The Morgan fingerprint density at radius 2 is 1.45 bits per heavy atom. The molecule has 3 aromatic carbocycles. The fourth-order valence-electron chi connectivity index (χ4n) is 3.00. The maximum Gasteiger partial charge on any atom is 0.175 e. The average molecular weight is 427 g/mol. The first kappa shape index (κ1) is 19.4. The van der Waals surface area contributed by atoms with Crippen LogP contribution in [0.15, 0.2) is 83.8 Å². The van der Waals surface area contributed by atoms with Crippen molar-refractivity contribution in [3.8, 4) is 28.2 Å². The molecule has 4 rings (SSSR count). The molecule has 0 N–H and O–H groups in total. The highest BCUT2D eigenvalue weighted by molar-refractivity contribution is 7.90. The standard InChI is InChI=1S/C22H16ClFN2O2S/c1-29(27,28)20-12-10-19(11-13-20)26-22(16-4-8-18(24)9-5-16)14-21(25-26)15-2-6-17(23)7-3-15/h2-14H,1H3. The maximum absolute atomic E-state index is 13.4. The summed E-state index contributed by atoms with van der Waals surface area (Å²) in [7, 11) is -3.29. The number of halogens is 2. The van der Waals surface area contributed by atoms with Crippen molar-refractivity contribution in [2.75, 3.05) is 6.26 Å². The Labute approximate surface area is 173 Å². The van der Waals surface area contributed by atoms with Gasteiger partial charge >= 0.3 is 0 Å². The van der Waals surface area contributed by atoms with E-state index in [4.69, 9.17) is 16.7 Å². The third kappa shape index (κ3) is 4.09. The van der Waals surface area contributed by atoms with Gasteiger partial charge < -0.3 is 0 Å². The molecule has 4 aromatic rings. The normalized spacial score (nSPS) is 11.6. The van der Waals surface area contributed by atoms with Gasteiger partial charge in [-0.3, -0.25) is 0 Å². The zero-order valence-electron chi connectivity index (χ0n) is 15.4. The average Bonchev–Trinajstić information content (AvgIpc) is 3.14. The lowest BCUT2D eigenvalue weighted by Gasteiger charge is -2.08. The molecule has 1 heterocycles. The first-order valence-corrected chi connectivity index (χ1v) is 11.0. The minimum Gasteiger partial charge on any atom is -0.232 e. The number of aromatic nitrogens is 2. The Morgan fingerprint density at radius 3 is 2.03 bits per heavy atom. The largest absolute Gasteiger partial charge is 0.232 e. The zero-order chi connectivity index (χ0) is 20.6. The number of sulfone groups is 1. The van der Waals surface area contributed by atoms with E-state index in [0.29, 0.717) is 16.4 Å². The molecule has 0 saturated heterocycles. The summed E-state index contributed by atoms with van der Waals surface area (Å²) in [5.74, 6) is -0.324. The minimum absolute atomic E-state index is 0.231. The molecular weight excluding hydrogens is 411 g/mol. The lowest BCUT2D eigenvalue weighted by Crippen LogP contribution is -2.01. The molecule has 0 aliphatic carbocycles. The van der Waals surface area contributed by atoms with E-state index < -0.39 is 9.84 Å². The Hall–Kier alpha value is -2.96. The highest BCUT2D eigenvalue weighted by Crippen LogP contribution is 2.30. The van der Waals surface area contributed by atoms with E-state index in [-0.39, 0.29) is 10.7 Å². The van der Waals surface area contributed by atoms with Gasteiger partial charge in [0.2, 0.25) is 0 Å². The molecular formula is C22H16ClFN2O2S. The number of nitrogens with zero attached hydrogens (tertiary/aromatic N) is 2. The van der Waals surface area contributed by atoms with Crippen LogP contribution in [0, 0.1) is 5.82 Å². The second-order valence-corrected chi connectivity index (χ2v) is 9.06. The summed E-state index contributed by atoms with van der Waals surface area (Å²) in [6, 6.07) is 21.8. The summed E-state index contributed by atoms with van der Waals surface area (Å²) < 4.78 is 38.6. The molecule has 0 fully saturated rings. The van der Waals surface area contributed by atoms with Crippen LogP contribution in [0.2, 0.25) is 5.02 Å². The van der Waals surface area contributed by atoms with Crippen LogP contribution in [-0.2, 0) is 9.84 Å². The van der Waals surface area contributed by atoms with Crippen molar-refractivity contribution in [3.63, 3.8) is 0 Å². The highest BCUT2D eigenvalue weighted by Gasteiger charge is 2.14. The molecule has 7 heteroatoms. The SMILES string of the molecule is CS(=O)(=O)c1ccc(-n2nc(-c3ccc(Cl)cc3)cc2-c2ccc(F)cc2)cc1. The Bertz CT molecular complexity index is 1260. The van der Waals surface area contributed by atoms with Crippen LogP contribution in [0.4, 0.5) is 4.39 Å². The number of hydrogen-bond donors (Lipinski definition) is 0. The molecule has 0 bridgehead atoms. The first-order chi connectivity index (χ1) is 13.8. The van der Waals surface area contributed by atoms with Crippen molar-refractivity contribution in [2.24, 2.45) is 0 Å². The van der Waals surface area contributed by atoms with Crippen molar-refractivity contribution in [1.29, 1.82) is 0 Å². The predicted octanol–water partition coefficient (Wildman–Crippen LogP) is 5.40. The lowest BCUT2D eigenvalue weighted by atomic mass is 10.1. The fraction of sp³-hybridized carbons (Fsp3) is 0.0455. The Balaban J connectivity index is 1.86. The molecule has 0 atom stereocenters. The van der Waals surface area contributed by atoms with Crippen LogP contribution in [0.3, 0.4) is 0 Å². The lowest BCUT2D eigenvalue weighted by molar-refractivity contribution is 0.602. The van der Waals surface area contributed by atoms with E-state index >= 15 is 0 Å². The van der Waals surface area contributed by atoms with Crippen LogP contribution in [0.5, 0.6) is 0 Å². The van der Waals surface area contributed by atoms with Gasteiger partial charge in [0.15, 0.2) is 9.84 Å². The van der Waals surface area contributed by atoms with Crippen molar-refractivity contribution >= 4 is 21.4 Å². The zero-order valence-corrected chi connectivity index (χ0v) is 17.0. The van der Waals surface area contributed by atoms with Gasteiger partial charge in [-0.25, -0.2) is 17.5 Å². The predicted molar refractivity (Wildman–Crippen MR) is 113 cm³/mol. The van der Waals surface area contributed by atoms with E-state index in [1.807, 2.05) is 18.2 Å². The van der Waals surface area contributed by atoms with Gasteiger partial charge in [0.05, 0.1) is 22.0 Å². The van der Waals surface area contributed by atoms with Crippen molar-refractivity contribution in [1.82, 2.24) is 9.78 Å². The van der Waals surface area contributed by atoms with E-state index in [1.165, 1.54) is 18.4 Å². The van der Waals surface area contributed by atoms with Crippen LogP contribution >= 0.6 is 11.6 Å². The van der Waals surface area contributed by atoms with Crippen molar-refractivity contribution in [2.45, 2.75) is 4.90 Å². The fourth-order valence-corrected chi connectivity index (χ4v) is 3.76. The van der Waals surface area contributed by atoms with Gasteiger partial charge in [-0.2, -0.15) is 5.10 Å². The number of rotatable bonds is 4. The molecule has 0 saturated carbocycles. The van der Waals surface area contributed by atoms with Crippen LogP contribution < -0.4 is 0 Å². The topological polar surface area (TPSA) is 52.0 Å². The van der Waals surface area contributed by atoms with Crippen LogP contribution in [0.1, 0.15) is 0 Å². The second-order valence-electron chi connectivity index (χ2n) is 6.61. The van der Waals surface area contributed by atoms with E-state index in [0.717, 1.165) is 16.8 Å². The second kappa shape index (κ2) is 7.46. The minimum atomic E-state index is -3.29. The van der Waals surface area contributed by atoms with Crippen LogP contribution in [-0.4, -0.2) is 24.5 Å². The molecule has 0 unspecified atom stereocenters. The van der Waals surface area contributed by atoms with Gasteiger partial charge in [0.1, 0.15) is 5.82 Å². The van der Waals surface area contributed by atoms with E-state index in [2.05, 4.69) is 0 Å². The number of benzene rings is 3. The quantitative estimate of drug-likeness (QED) is 0.439. The molecule has 0 amide bonds. The summed E-state index contributed by atoms with van der Waals surface area (Å²) in [5, 5.41) is 5.33. The van der Waals surface area contributed by atoms with Gasteiger partial charge in [-0.15, -0.1) is 0 Å². The van der Waals surface area contributed by atoms with Gasteiger partial charge in [0.25, 0.3) is 0 Å². The molecule has 0 aliphatic heterocycles. The summed E-state index contributed by atoms with van der Waals surface area (Å²) in [4.78, 5) is 0.231. The summed E-state index contributed by atoms with van der Waals surface area (Å²) >= 11 is 5.98. The van der Waals surface area contributed by atoms with Gasteiger partial charge in [-0.1, -0.05) is 23.7 Å². The van der Waals surface area contributed by atoms with Crippen molar-refractivity contribution in [3.05, 3.63) is 89.7 Å². The Kier molecular flexibility index (Phi) is 4.98. The number of hydrogen-bond acceptors (Lipinski definition) is 3. The first-order valence-electron chi connectivity index (χ1n) is 8.74. The van der Waals surface area contributed by atoms with Gasteiger partial charge in [0, 0.05) is 22.4 Å². The Morgan fingerprint density at radius 1 is 0.862 bits per heavy atom. The summed E-state index contributed by atoms with van der Waals surface area (Å²) in [6.45, 7) is 0. The summed E-state index contributed by atoms with van der Waals surface area (Å²) in [5.41, 5.74) is 3.82. The third-order valence-electron chi connectivity index (χ3n) is 4.50. The smallest absolute Gasteiger partial charge is 0.175 e. The summed E-state index contributed by atoms with van der Waals surface area (Å²) in [6.07, 6.45) is 1.17. The van der Waals surface area contributed by atoms with Crippen LogP contribution in [0.25, 0.3) is 28.2 Å². The molecule has 1 aromatic heterocycles. The van der Waals surface area contributed by atoms with Crippen molar-refractivity contribution < 1.29 is 12.8 Å². The molecule has 146 valence electrons. The van der Waals surface area contributed by atoms with E-state index in [9.17, 15) is 12.8 Å². The monoisotopic (exact) mass is 426 g/mol.